The molecule has 4 N–H and O–H groups in total. The van der Waals surface area contributed by atoms with E-state index in [0.717, 1.165) is 42.2 Å². The van der Waals surface area contributed by atoms with Gasteiger partial charge in [0.2, 0.25) is 0 Å². The molecule has 0 aliphatic carbocycles. The van der Waals surface area contributed by atoms with Crippen molar-refractivity contribution in [1.29, 1.82) is 0 Å². The molecule has 2 aliphatic heterocycles. The summed E-state index contributed by atoms with van der Waals surface area (Å²) in [5, 5.41) is 7.16. The molecule has 178 valence electrons. The van der Waals surface area contributed by atoms with Crippen molar-refractivity contribution in [3.63, 3.8) is 0 Å². The van der Waals surface area contributed by atoms with Crippen molar-refractivity contribution in [2.45, 2.75) is 38.8 Å². The zero-order valence-electron chi connectivity index (χ0n) is 19.1. The summed E-state index contributed by atoms with van der Waals surface area (Å²) in [6.07, 6.45) is 8.33. The molecule has 1 amide bonds. The SMILES string of the molecule is Cc1c(-c2cc3cc(NC(=O)OC4Cc5nccn5C4)ncc3c(N)c2F)cnc2c1NCCC2. The predicted molar refractivity (Wildman–Crippen MR) is 131 cm³/mol. The summed E-state index contributed by atoms with van der Waals surface area (Å²) < 4.78 is 22.8. The summed E-state index contributed by atoms with van der Waals surface area (Å²) in [6, 6.07) is 3.38. The third-order valence-corrected chi connectivity index (χ3v) is 6.71. The van der Waals surface area contributed by atoms with E-state index in [9.17, 15) is 4.79 Å². The van der Waals surface area contributed by atoms with E-state index in [1.54, 1.807) is 24.5 Å². The molecule has 0 radical (unpaired) electrons. The van der Waals surface area contributed by atoms with E-state index in [2.05, 4.69) is 25.6 Å². The van der Waals surface area contributed by atoms with Crippen LogP contribution < -0.4 is 16.4 Å². The van der Waals surface area contributed by atoms with E-state index in [1.807, 2.05) is 17.7 Å². The highest BCUT2D eigenvalue weighted by Crippen LogP contribution is 2.38. The minimum absolute atomic E-state index is 0.00424. The highest BCUT2D eigenvalue weighted by molar-refractivity contribution is 5.99. The van der Waals surface area contributed by atoms with Crippen LogP contribution in [-0.4, -0.2) is 38.3 Å². The van der Waals surface area contributed by atoms with Crippen LogP contribution in [0.2, 0.25) is 0 Å². The zero-order valence-corrected chi connectivity index (χ0v) is 19.1. The number of halogens is 1. The van der Waals surface area contributed by atoms with Gasteiger partial charge in [-0.2, -0.15) is 0 Å². The smallest absolute Gasteiger partial charge is 0.413 e. The van der Waals surface area contributed by atoms with Crippen molar-refractivity contribution in [3.8, 4) is 11.1 Å². The number of rotatable bonds is 3. The van der Waals surface area contributed by atoms with Gasteiger partial charge in [-0.05, 0) is 42.8 Å². The minimum Gasteiger partial charge on any atom is -0.444 e. The van der Waals surface area contributed by atoms with E-state index >= 15 is 4.39 Å². The van der Waals surface area contributed by atoms with Gasteiger partial charge in [0.1, 0.15) is 17.7 Å². The Morgan fingerprint density at radius 1 is 1.26 bits per heavy atom. The molecule has 10 heteroatoms. The van der Waals surface area contributed by atoms with Crippen LogP contribution in [0.15, 0.2) is 36.9 Å². The van der Waals surface area contributed by atoms with Crippen LogP contribution in [0.25, 0.3) is 21.9 Å². The number of hydrogen-bond donors (Lipinski definition) is 3. The number of nitrogen functional groups attached to an aromatic ring is 1. The number of fused-ring (bicyclic) bond motifs is 3. The van der Waals surface area contributed by atoms with Gasteiger partial charge in [-0.3, -0.25) is 10.3 Å². The van der Waals surface area contributed by atoms with Crippen molar-refractivity contribution in [2.75, 3.05) is 22.9 Å². The third-order valence-electron chi connectivity index (χ3n) is 6.71. The molecule has 0 bridgehead atoms. The fourth-order valence-electron chi connectivity index (χ4n) is 4.93. The predicted octanol–water partition coefficient (Wildman–Crippen LogP) is 4.05. The number of aromatic nitrogens is 4. The number of nitrogens with one attached hydrogen (secondary N) is 2. The Bertz CT molecular complexity index is 1460. The summed E-state index contributed by atoms with van der Waals surface area (Å²) >= 11 is 0. The average molecular weight is 474 g/mol. The standard InChI is InChI=1S/C25H24FN7O2/c1-13-17(10-30-19-3-2-4-29-24(13)19)16-7-14-8-20(31-11-18(14)23(27)22(16)26)32-25(34)35-15-9-21-28-5-6-33(21)12-15/h5-8,10-11,15,29H,2-4,9,12,27H2,1H3,(H,31,32,34). The second-order valence-electron chi connectivity index (χ2n) is 8.94. The van der Waals surface area contributed by atoms with Crippen LogP contribution in [0.4, 0.5) is 26.4 Å². The van der Waals surface area contributed by atoms with Crippen LogP contribution in [0.5, 0.6) is 0 Å². The Kier molecular flexibility index (Phi) is 5.01. The molecule has 4 aromatic rings. The molecule has 0 spiro atoms. The summed E-state index contributed by atoms with van der Waals surface area (Å²) in [5.74, 6) is 0.662. The topological polar surface area (TPSA) is 120 Å². The lowest BCUT2D eigenvalue weighted by Gasteiger charge is -2.21. The largest absolute Gasteiger partial charge is 0.444 e. The van der Waals surface area contributed by atoms with Gasteiger partial charge in [-0.25, -0.2) is 19.2 Å². The van der Waals surface area contributed by atoms with E-state index in [1.165, 1.54) is 6.20 Å². The molecule has 35 heavy (non-hydrogen) atoms. The van der Waals surface area contributed by atoms with Crippen molar-refractivity contribution in [1.82, 2.24) is 19.5 Å². The maximum atomic E-state index is 15.4. The highest BCUT2D eigenvalue weighted by Gasteiger charge is 2.25. The second kappa shape index (κ2) is 8.23. The first-order valence-corrected chi connectivity index (χ1v) is 11.6. The summed E-state index contributed by atoms with van der Waals surface area (Å²) in [7, 11) is 0. The third kappa shape index (κ3) is 3.71. The summed E-state index contributed by atoms with van der Waals surface area (Å²) in [4.78, 5) is 25.5. The molecule has 5 heterocycles. The Balaban J connectivity index is 1.29. The van der Waals surface area contributed by atoms with Crippen molar-refractivity contribution >= 4 is 34.1 Å². The fraction of sp³-hybridized carbons (Fsp3) is 0.280. The molecular formula is C25H24FN7O2. The van der Waals surface area contributed by atoms with Gasteiger partial charge in [0.25, 0.3) is 0 Å². The molecule has 0 fully saturated rings. The number of aryl methyl sites for hydroxylation is 1. The van der Waals surface area contributed by atoms with E-state index < -0.39 is 11.9 Å². The number of hydrogen-bond acceptors (Lipinski definition) is 7. The van der Waals surface area contributed by atoms with Crippen molar-refractivity contribution in [2.24, 2.45) is 0 Å². The van der Waals surface area contributed by atoms with Crippen molar-refractivity contribution < 1.29 is 13.9 Å². The molecule has 3 aromatic heterocycles. The first-order chi connectivity index (χ1) is 17.0. The molecule has 6 rings (SSSR count). The maximum Gasteiger partial charge on any atom is 0.413 e. The fourth-order valence-corrected chi connectivity index (χ4v) is 4.93. The first kappa shape index (κ1) is 21.3. The number of amides is 1. The van der Waals surface area contributed by atoms with E-state index in [-0.39, 0.29) is 17.6 Å². The lowest BCUT2D eigenvalue weighted by Crippen LogP contribution is -2.23. The quantitative estimate of drug-likeness (QED) is 0.384. The number of anilines is 3. The number of ether oxygens (including phenoxy) is 1. The van der Waals surface area contributed by atoms with Crippen LogP contribution in [-0.2, 0) is 24.1 Å². The van der Waals surface area contributed by atoms with Gasteiger partial charge in [0.15, 0.2) is 5.82 Å². The molecule has 1 unspecified atom stereocenters. The number of benzene rings is 1. The zero-order chi connectivity index (χ0) is 24.1. The number of pyridine rings is 2. The van der Waals surface area contributed by atoms with Crippen LogP contribution >= 0.6 is 0 Å². The molecule has 0 saturated carbocycles. The average Bonchev–Trinajstić information content (AvgIpc) is 3.44. The van der Waals surface area contributed by atoms with Gasteiger partial charge in [-0.1, -0.05) is 0 Å². The van der Waals surface area contributed by atoms with E-state index in [4.69, 9.17) is 10.5 Å². The second-order valence-corrected chi connectivity index (χ2v) is 8.94. The number of carbonyl (C=O) groups is 1. The van der Waals surface area contributed by atoms with Crippen LogP contribution in [0.1, 0.15) is 23.5 Å². The molecule has 2 aliphatic rings. The Labute approximate surface area is 200 Å². The van der Waals surface area contributed by atoms with Gasteiger partial charge < -0.3 is 20.4 Å². The van der Waals surface area contributed by atoms with Crippen LogP contribution in [0, 0.1) is 12.7 Å². The number of nitrogens with two attached hydrogens (primary N) is 1. The van der Waals surface area contributed by atoms with Crippen molar-refractivity contribution in [3.05, 3.63) is 59.8 Å². The van der Waals surface area contributed by atoms with Gasteiger partial charge in [-0.15, -0.1) is 0 Å². The Morgan fingerprint density at radius 2 is 2.14 bits per heavy atom. The number of imidazole rings is 1. The molecule has 9 nitrogen and oxygen atoms in total. The van der Waals surface area contributed by atoms with Gasteiger partial charge in [0.05, 0.1) is 23.6 Å². The molecular weight excluding hydrogens is 449 g/mol. The normalized spacial score (nSPS) is 16.5. The Morgan fingerprint density at radius 3 is 3.00 bits per heavy atom. The first-order valence-electron chi connectivity index (χ1n) is 11.6. The van der Waals surface area contributed by atoms with Crippen LogP contribution in [0.3, 0.4) is 0 Å². The lowest BCUT2D eigenvalue weighted by molar-refractivity contribution is 0.111. The van der Waals surface area contributed by atoms with E-state index in [0.29, 0.717) is 34.9 Å². The molecule has 0 saturated heterocycles. The minimum atomic E-state index is -0.608. The van der Waals surface area contributed by atoms with Gasteiger partial charge >= 0.3 is 6.09 Å². The molecule has 1 aromatic carbocycles. The molecule has 1 atom stereocenters. The van der Waals surface area contributed by atoms with Gasteiger partial charge in [0, 0.05) is 54.3 Å². The summed E-state index contributed by atoms with van der Waals surface area (Å²) in [5.41, 5.74) is 10.1. The lowest BCUT2D eigenvalue weighted by atomic mass is 9.95. The Hall–Kier alpha value is -4.21. The number of nitrogens with zero attached hydrogens (tertiary/aromatic N) is 4. The maximum absolute atomic E-state index is 15.4. The number of carbonyl (C=O) groups excluding carboxylic acids is 1. The highest BCUT2D eigenvalue weighted by atomic mass is 19.1. The monoisotopic (exact) mass is 473 g/mol. The summed E-state index contributed by atoms with van der Waals surface area (Å²) in [6.45, 7) is 3.39.